The lowest BCUT2D eigenvalue weighted by molar-refractivity contribution is 0.321. The van der Waals surface area contributed by atoms with Gasteiger partial charge in [0.2, 0.25) is 0 Å². The van der Waals surface area contributed by atoms with Gasteiger partial charge in [-0.05, 0) is 55.5 Å². The van der Waals surface area contributed by atoms with Crippen molar-refractivity contribution in [3.8, 4) is 0 Å². The van der Waals surface area contributed by atoms with Gasteiger partial charge in [-0.3, -0.25) is 0 Å². The van der Waals surface area contributed by atoms with Gasteiger partial charge < -0.3 is 5.32 Å². The van der Waals surface area contributed by atoms with Gasteiger partial charge >= 0.3 is 0 Å². The molecule has 1 aromatic rings. The van der Waals surface area contributed by atoms with Crippen molar-refractivity contribution in [2.45, 2.75) is 45.4 Å². The Hall–Kier alpha value is -0.240. The number of benzene rings is 1. The van der Waals surface area contributed by atoms with Crippen LogP contribution >= 0.6 is 23.2 Å². The molecule has 2 rings (SSSR count). The Morgan fingerprint density at radius 3 is 2.45 bits per heavy atom. The second-order valence-corrected chi connectivity index (χ2v) is 6.73. The van der Waals surface area contributed by atoms with Gasteiger partial charge in [0.1, 0.15) is 0 Å². The van der Waals surface area contributed by atoms with Crippen LogP contribution in [0.5, 0.6) is 0 Å². The van der Waals surface area contributed by atoms with Crippen molar-refractivity contribution in [3.05, 3.63) is 33.8 Å². The van der Waals surface area contributed by atoms with E-state index in [1.54, 1.807) is 0 Å². The highest BCUT2D eigenvalue weighted by atomic mass is 35.5. The molecule has 3 heteroatoms. The van der Waals surface area contributed by atoms with E-state index < -0.39 is 0 Å². The number of halogens is 2. The van der Waals surface area contributed by atoms with Crippen LogP contribution in [0.15, 0.2) is 18.2 Å². The second kappa shape index (κ2) is 8.26. The monoisotopic (exact) mass is 313 g/mol. The molecule has 1 aliphatic carbocycles. The molecule has 1 aromatic carbocycles. The van der Waals surface area contributed by atoms with E-state index in [1.807, 2.05) is 18.2 Å². The van der Waals surface area contributed by atoms with Crippen molar-refractivity contribution in [1.29, 1.82) is 0 Å². The minimum atomic E-state index is 0.654. The highest BCUT2D eigenvalue weighted by Crippen LogP contribution is 2.35. The first-order chi connectivity index (χ1) is 9.72. The summed E-state index contributed by atoms with van der Waals surface area (Å²) < 4.78 is 0. The van der Waals surface area contributed by atoms with Crippen LogP contribution in [0.3, 0.4) is 0 Å². The number of nitrogens with one attached hydrogen (secondary N) is 1. The molecule has 112 valence electrons. The first-order valence-corrected chi connectivity index (χ1v) is 8.61. The molecule has 1 atom stereocenters. The average Bonchev–Trinajstić information content (AvgIpc) is 2.95. The summed E-state index contributed by atoms with van der Waals surface area (Å²) in [7, 11) is 0. The van der Waals surface area contributed by atoms with Crippen molar-refractivity contribution < 1.29 is 0 Å². The summed E-state index contributed by atoms with van der Waals surface area (Å²) >= 11 is 12.7. The second-order valence-electron chi connectivity index (χ2n) is 5.91. The van der Waals surface area contributed by atoms with Gasteiger partial charge in [-0.15, -0.1) is 0 Å². The molecule has 0 amide bonds. The van der Waals surface area contributed by atoms with E-state index in [-0.39, 0.29) is 0 Å². The van der Waals surface area contributed by atoms with Crippen molar-refractivity contribution in [1.82, 2.24) is 5.32 Å². The minimum Gasteiger partial charge on any atom is -0.316 e. The lowest BCUT2D eigenvalue weighted by atomic mass is 9.85. The minimum absolute atomic E-state index is 0.654. The average molecular weight is 314 g/mol. The van der Waals surface area contributed by atoms with E-state index in [4.69, 9.17) is 23.2 Å². The molecule has 1 aliphatic rings. The van der Waals surface area contributed by atoms with E-state index in [2.05, 4.69) is 12.2 Å². The Labute approximate surface area is 133 Å². The molecule has 0 radical (unpaired) electrons. The molecule has 1 N–H and O–H groups in total. The lowest BCUT2D eigenvalue weighted by Crippen LogP contribution is -2.29. The highest BCUT2D eigenvalue weighted by Gasteiger charge is 2.26. The Morgan fingerprint density at radius 2 is 1.85 bits per heavy atom. The van der Waals surface area contributed by atoms with Crippen LogP contribution in [0.2, 0.25) is 10.0 Å². The molecule has 0 bridgehead atoms. The van der Waals surface area contributed by atoms with Gasteiger partial charge in [0.25, 0.3) is 0 Å². The molecule has 1 fully saturated rings. The molecule has 0 saturated heterocycles. The first-order valence-electron chi connectivity index (χ1n) is 7.86. The van der Waals surface area contributed by atoms with Crippen LogP contribution in [0.25, 0.3) is 0 Å². The number of rotatable bonds is 7. The Bertz CT molecular complexity index is 393. The summed E-state index contributed by atoms with van der Waals surface area (Å²) in [6, 6.07) is 5.83. The van der Waals surface area contributed by atoms with Crippen molar-refractivity contribution >= 4 is 23.2 Å². The third-order valence-electron chi connectivity index (χ3n) is 4.43. The van der Waals surface area contributed by atoms with E-state index in [1.165, 1.54) is 32.1 Å². The normalized spacial score (nSPS) is 17.6. The topological polar surface area (TPSA) is 12.0 Å². The van der Waals surface area contributed by atoms with Crippen molar-refractivity contribution in [2.24, 2.45) is 11.8 Å². The Kier molecular flexibility index (Phi) is 6.67. The van der Waals surface area contributed by atoms with Crippen LogP contribution in [-0.4, -0.2) is 13.1 Å². The zero-order valence-corrected chi connectivity index (χ0v) is 13.8. The molecule has 20 heavy (non-hydrogen) atoms. The first kappa shape index (κ1) is 16.1. The zero-order chi connectivity index (χ0) is 14.4. The Morgan fingerprint density at radius 1 is 1.20 bits per heavy atom. The third-order valence-corrected chi connectivity index (χ3v) is 5.14. The van der Waals surface area contributed by atoms with Gasteiger partial charge in [0.15, 0.2) is 0 Å². The van der Waals surface area contributed by atoms with E-state index >= 15 is 0 Å². The van der Waals surface area contributed by atoms with Gasteiger partial charge in [0, 0.05) is 10.0 Å². The maximum atomic E-state index is 6.34. The van der Waals surface area contributed by atoms with Gasteiger partial charge in [-0.1, -0.05) is 61.9 Å². The molecular formula is C17H25Cl2N. The summed E-state index contributed by atoms with van der Waals surface area (Å²) in [6.45, 7) is 4.39. The summed E-state index contributed by atoms with van der Waals surface area (Å²) in [5, 5.41) is 5.22. The Balaban J connectivity index is 2.05. The van der Waals surface area contributed by atoms with Gasteiger partial charge in [-0.25, -0.2) is 0 Å². The molecule has 0 aromatic heterocycles. The fourth-order valence-corrected chi connectivity index (χ4v) is 3.84. The summed E-state index contributed by atoms with van der Waals surface area (Å²) in [4.78, 5) is 0. The standard InChI is InChI=1S/C17H25Cl2N/c1-2-10-20-12-14(13-6-3-4-7-13)11-15-16(18)8-5-9-17(15)19/h5,8-9,13-14,20H,2-4,6-7,10-12H2,1H3. The summed E-state index contributed by atoms with van der Waals surface area (Å²) in [6.07, 6.45) is 7.67. The maximum Gasteiger partial charge on any atom is 0.0452 e. The summed E-state index contributed by atoms with van der Waals surface area (Å²) in [5.41, 5.74) is 1.13. The molecule has 0 heterocycles. The predicted molar refractivity (Wildman–Crippen MR) is 88.8 cm³/mol. The van der Waals surface area contributed by atoms with E-state index in [9.17, 15) is 0 Å². The molecule has 1 saturated carbocycles. The van der Waals surface area contributed by atoms with E-state index in [0.29, 0.717) is 5.92 Å². The number of hydrogen-bond donors (Lipinski definition) is 1. The van der Waals surface area contributed by atoms with Crippen molar-refractivity contribution in [3.63, 3.8) is 0 Å². The predicted octanol–water partition coefficient (Wildman–Crippen LogP) is 5.34. The van der Waals surface area contributed by atoms with Crippen LogP contribution < -0.4 is 5.32 Å². The van der Waals surface area contributed by atoms with Gasteiger partial charge in [-0.2, -0.15) is 0 Å². The SMILES string of the molecule is CCCNCC(Cc1c(Cl)cccc1Cl)C1CCCC1. The largest absolute Gasteiger partial charge is 0.316 e. The smallest absolute Gasteiger partial charge is 0.0452 e. The third kappa shape index (κ3) is 4.38. The maximum absolute atomic E-state index is 6.34. The van der Waals surface area contributed by atoms with Crippen molar-refractivity contribution in [2.75, 3.05) is 13.1 Å². The molecular weight excluding hydrogens is 289 g/mol. The molecule has 1 unspecified atom stereocenters. The molecule has 1 nitrogen and oxygen atoms in total. The lowest BCUT2D eigenvalue weighted by Gasteiger charge is -2.25. The summed E-state index contributed by atoms with van der Waals surface area (Å²) in [5.74, 6) is 1.48. The number of hydrogen-bond acceptors (Lipinski definition) is 1. The van der Waals surface area contributed by atoms with Gasteiger partial charge in [0.05, 0.1) is 0 Å². The van der Waals surface area contributed by atoms with Crippen LogP contribution in [-0.2, 0) is 6.42 Å². The fraction of sp³-hybridized carbons (Fsp3) is 0.647. The molecule has 0 spiro atoms. The van der Waals surface area contributed by atoms with Crippen LogP contribution in [0.1, 0.15) is 44.6 Å². The fourth-order valence-electron chi connectivity index (χ4n) is 3.29. The van der Waals surface area contributed by atoms with E-state index in [0.717, 1.165) is 41.0 Å². The van der Waals surface area contributed by atoms with Crippen LogP contribution in [0.4, 0.5) is 0 Å². The zero-order valence-electron chi connectivity index (χ0n) is 12.3. The molecule has 0 aliphatic heterocycles. The highest BCUT2D eigenvalue weighted by molar-refractivity contribution is 6.35. The quantitative estimate of drug-likeness (QED) is 0.670. The van der Waals surface area contributed by atoms with Crippen LogP contribution in [0, 0.1) is 11.8 Å².